The average molecular weight is 242 g/mol. The van der Waals surface area contributed by atoms with Crippen LogP contribution in [0, 0.1) is 11.6 Å². The molecule has 0 aliphatic heterocycles. The maximum Gasteiger partial charge on any atom is 0.318 e. The Hall–Kier alpha value is -1.78. The van der Waals surface area contributed by atoms with Crippen LogP contribution >= 0.6 is 0 Å². The Morgan fingerprint density at radius 3 is 2.47 bits per heavy atom. The minimum absolute atomic E-state index is 0.317. The topological polar surface area (TPSA) is 43.4 Å². The number of esters is 2. The van der Waals surface area contributed by atoms with Gasteiger partial charge in [0.2, 0.25) is 0 Å². The van der Waals surface area contributed by atoms with Crippen LogP contribution in [0.2, 0.25) is 0 Å². The van der Waals surface area contributed by atoms with E-state index in [0.29, 0.717) is 12.0 Å². The van der Waals surface area contributed by atoms with Crippen LogP contribution in [0.25, 0.3) is 0 Å². The van der Waals surface area contributed by atoms with E-state index in [9.17, 15) is 18.4 Å². The molecule has 0 aromatic heterocycles. The predicted molar refractivity (Wildman–Crippen MR) is 56.2 cm³/mol. The summed E-state index contributed by atoms with van der Waals surface area (Å²) < 4.78 is 31.3. The summed E-state index contributed by atoms with van der Waals surface area (Å²) in [5.41, 5.74) is -0.0485. The van der Waals surface area contributed by atoms with Gasteiger partial charge in [-0.25, -0.2) is 8.78 Å². The molecule has 0 N–H and O–H groups in total. The third-order valence-corrected chi connectivity index (χ3v) is 2.23. The van der Waals surface area contributed by atoms with Crippen molar-refractivity contribution in [3.05, 3.63) is 34.9 Å². The Morgan fingerprint density at radius 1 is 1.29 bits per heavy atom. The fourth-order valence-electron chi connectivity index (χ4n) is 1.42. The van der Waals surface area contributed by atoms with Crippen molar-refractivity contribution in [3.8, 4) is 0 Å². The van der Waals surface area contributed by atoms with Crippen molar-refractivity contribution in [3.63, 3.8) is 0 Å². The van der Waals surface area contributed by atoms with Crippen LogP contribution in [0.4, 0.5) is 8.78 Å². The first-order chi connectivity index (χ1) is 7.95. The van der Waals surface area contributed by atoms with Crippen molar-refractivity contribution >= 4 is 11.9 Å². The van der Waals surface area contributed by atoms with E-state index in [4.69, 9.17) is 0 Å². The molecule has 0 atom stereocenters. The molecule has 1 aromatic carbocycles. The largest absolute Gasteiger partial charge is 0.393 e. The molecule has 0 saturated carbocycles. The van der Waals surface area contributed by atoms with E-state index in [1.165, 1.54) is 6.07 Å². The van der Waals surface area contributed by atoms with E-state index in [1.54, 1.807) is 6.92 Å². The van der Waals surface area contributed by atoms with Gasteiger partial charge in [0, 0.05) is 12.5 Å². The van der Waals surface area contributed by atoms with Crippen molar-refractivity contribution in [1.82, 2.24) is 0 Å². The van der Waals surface area contributed by atoms with Gasteiger partial charge < -0.3 is 4.74 Å². The quantitative estimate of drug-likeness (QED) is 0.602. The lowest BCUT2D eigenvalue weighted by atomic mass is 10.0. The van der Waals surface area contributed by atoms with Gasteiger partial charge in [-0.2, -0.15) is 0 Å². The van der Waals surface area contributed by atoms with Crippen LogP contribution < -0.4 is 0 Å². The Kier molecular flexibility index (Phi) is 4.31. The molecular weight excluding hydrogens is 230 g/mol. The summed E-state index contributed by atoms with van der Waals surface area (Å²) in [6.07, 6.45) is -0.202. The van der Waals surface area contributed by atoms with Gasteiger partial charge in [0.1, 0.15) is 11.6 Å². The number of rotatable bonds is 3. The molecule has 17 heavy (non-hydrogen) atoms. The number of ether oxygens (including phenoxy) is 1. The summed E-state index contributed by atoms with van der Waals surface area (Å²) in [4.78, 5) is 21.7. The van der Waals surface area contributed by atoms with Crippen molar-refractivity contribution in [2.75, 3.05) is 0 Å². The fourth-order valence-corrected chi connectivity index (χ4v) is 1.42. The molecule has 0 spiro atoms. The molecule has 3 nitrogen and oxygen atoms in total. The van der Waals surface area contributed by atoms with Crippen LogP contribution in [-0.2, 0) is 27.2 Å². The number of halogens is 2. The van der Waals surface area contributed by atoms with E-state index in [0.717, 1.165) is 13.0 Å². The second kappa shape index (κ2) is 5.52. The monoisotopic (exact) mass is 242 g/mol. The first kappa shape index (κ1) is 13.3. The SMILES string of the molecule is CCc1ccc(F)c(CC(=O)OC(C)=O)c1F. The highest BCUT2D eigenvalue weighted by atomic mass is 19.1. The van der Waals surface area contributed by atoms with Crippen LogP contribution in [0.1, 0.15) is 25.0 Å². The molecule has 92 valence electrons. The Balaban J connectivity index is 2.97. The van der Waals surface area contributed by atoms with Gasteiger partial charge in [0.15, 0.2) is 0 Å². The summed E-state index contributed by atoms with van der Waals surface area (Å²) in [6.45, 7) is 2.76. The van der Waals surface area contributed by atoms with E-state index < -0.39 is 30.0 Å². The van der Waals surface area contributed by atoms with Crippen molar-refractivity contribution < 1.29 is 23.1 Å². The van der Waals surface area contributed by atoms with Gasteiger partial charge in [0.25, 0.3) is 0 Å². The molecule has 0 aliphatic carbocycles. The molecule has 0 radical (unpaired) electrons. The molecule has 1 aromatic rings. The van der Waals surface area contributed by atoms with E-state index >= 15 is 0 Å². The summed E-state index contributed by atoms with van der Waals surface area (Å²) in [7, 11) is 0. The van der Waals surface area contributed by atoms with Gasteiger partial charge in [-0.3, -0.25) is 9.59 Å². The molecule has 0 fully saturated rings. The Labute approximate surface area is 97.4 Å². The molecule has 1 rings (SSSR count). The lowest BCUT2D eigenvalue weighted by Gasteiger charge is -2.07. The molecule has 5 heteroatoms. The second-order valence-corrected chi connectivity index (χ2v) is 3.50. The van der Waals surface area contributed by atoms with Gasteiger partial charge in [-0.15, -0.1) is 0 Å². The number of hydrogen-bond donors (Lipinski definition) is 0. The molecule has 0 unspecified atom stereocenters. The third kappa shape index (κ3) is 3.34. The van der Waals surface area contributed by atoms with Gasteiger partial charge >= 0.3 is 11.9 Å². The minimum atomic E-state index is -0.969. The number of carbonyl (C=O) groups is 2. The highest BCUT2D eigenvalue weighted by Gasteiger charge is 2.17. The predicted octanol–water partition coefficient (Wildman–Crippen LogP) is 2.16. The van der Waals surface area contributed by atoms with Gasteiger partial charge in [-0.1, -0.05) is 13.0 Å². The van der Waals surface area contributed by atoms with Crippen molar-refractivity contribution in [2.24, 2.45) is 0 Å². The summed E-state index contributed by atoms with van der Waals surface area (Å²) in [6, 6.07) is 2.42. The van der Waals surface area contributed by atoms with Crippen LogP contribution in [0.15, 0.2) is 12.1 Å². The van der Waals surface area contributed by atoms with Gasteiger partial charge in [0.05, 0.1) is 6.42 Å². The number of carbonyl (C=O) groups excluding carboxylic acids is 2. The van der Waals surface area contributed by atoms with Gasteiger partial charge in [-0.05, 0) is 18.1 Å². The molecule has 0 bridgehead atoms. The zero-order chi connectivity index (χ0) is 13.0. The maximum atomic E-state index is 13.7. The van der Waals surface area contributed by atoms with Crippen LogP contribution in [0.5, 0.6) is 0 Å². The molecule has 0 amide bonds. The summed E-state index contributed by atoms with van der Waals surface area (Å²) in [5.74, 6) is -3.35. The smallest absolute Gasteiger partial charge is 0.318 e. The zero-order valence-electron chi connectivity index (χ0n) is 9.55. The highest BCUT2D eigenvalue weighted by Crippen LogP contribution is 2.18. The lowest BCUT2D eigenvalue weighted by molar-refractivity contribution is -0.157. The number of aryl methyl sites for hydroxylation is 1. The number of hydrogen-bond acceptors (Lipinski definition) is 3. The molecule has 0 heterocycles. The van der Waals surface area contributed by atoms with E-state index in [-0.39, 0.29) is 5.56 Å². The third-order valence-electron chi connectivity index (χ3n) is 2.23. The highest BCUT2D eigenvalue weighted by molar-refractivity contribution is 5.85. The standard InChI is InChI=1S/C12H12F2O3/c1-3-8-4-5-10(13)9(12(8)14)6-11(16)17-7(2)15/h4-5H,3,6H2,1-2H3. The first-order valence-electron chi connectivity index (χ1n) is 5.12. The van der Waals surface area contributed by atoms with Crippen LogP contribution in [-0.4, -0.2) is 11.9 Å². The Bertz CT molecular complexity index is 455. The zero-order valence-corrected chi connectivity index (χ0v) is 9.55. The fraction of sp³-hybridized carbons (Fsp3) is 0.333. The van der Waals surface area contributed by atoms with E-state index in [2.05, 4.69) is 4.74 Å². The second-order valence-electron chi connectivity index (χ2n) is 3.50. The lowest BCUT2D eigenvalue weighted by Crippen LogP contribution is -2.14. The minimum Gasteiger partial charge on any atom is -0.393 e. The molecular formula is C12H12F2O3. The van der Waals surface area contributed by atoms with Crippen molar-refractivity contribution in [2.45, 2.75) is 26.7 Å². The first-order valence-corrected chi connectivity index (χ1v) is 5.12. The van der Waals surface area contributed by atoms with Crippen LogP contribution in [0.3, 0.4) is 0 Å². The van der Waals surface area contributed by atoms with E-state index in [1.807, 2.05) is 0 Å². The van der Waals surface area contributed by atoms with Crippen molar-refractivity contribution in [1.29, 1.82) is 0 Å². The molecule has 0 aliphatic rings. The average Bonchev–Trinajstić information content (AvgIpc) is 2.23. The summed E-state index contributed by atoms with van der Waals surface area (Å²) >= 11 is 0. The molecule has 0 saturated heterocycles. The Morgan fingerprint density at radius 2 is 1.94 bits per heavy atom. The maximum absolute atomic E-state index is 13.7. The summed E-state index contributed by atoms with van der Waals surface area (Å²) in [5, 5.41) is 0. The normalized spacial score (nSPS) is 10.1. The number of benzene rings is 1.